The number of rotatable bonds is 13. The molecule has 1 aromatic heterocycles. The van der Waals surface area contributed by atoms with Gasteiger partial charge in [-0.05, 0) is 42.5 Å². The van der Waals surface area contributed by atoms with E-state index in [2.05, 4.69) is 4.98 Å². The second-order valence-electron chi connectivity index (χ2n) is 8.07. The first kappa shape index (κ1) is 26.8. The third-order valence-electron chi connectivity index (χ3n) is 5.58. The highest BCUT2D eigenvalue weighted by Gasteiger charge is 2.14. The van der Waals surface area contributed by atoms with Gasteiger partial charge in [-0.2, -0.15) is 0 Å². The molecule has 0 aliphatic carbocycles. The zero-order valence-electron chi connectivity index (χ0n) is 21.9. The average molecular weight is 522 g/mol. The number of hydrogen-bond donors (Lipinski definition) is 1. The lowest BCUT2D eigenvalue weighted by Crippen LogP contribution is -2.09. The van der Waals surface area contributed by atoms with Gasteiger partial charge in [-0.3, -0.25) is 0 Å². The first-order valence-electron chi connectivity index (χ1n) is 11.9. The second-order valence-corrected chi connectivity index (χ2v) is 8.07. The number of nitrogens with two attached hydrogens (primary N) is 1. The van der Waals surface area contributed by atoms with Gasteiger partial charge in [-0.15, -0.1) is 0 Å². The van der Waals surface area contributed by atoms with Gasteiger partial charge in [-0.25, -0.2) is 9.97 Å². The average Bonchev–Trinajstić information content (AvgIpc) is 2.94. The number of nitrogens with zero attached hydrogens (tertiary/aromatic N) is 2. The molecule has 0 amide bonds. The third kappa shape index (κ3) is 6.34. The molecule has 200 valence electrons. The molecular weight excluding hydrogens is 490 g/mol. The summed E-state index contributed by atoms with van der Waals surface area (Å²) in [7, 11) is 6.39. The Labute approximate surface area is 221 Å². The molecule has 0 unspecified atom stereocenters. The summed E-state index contributed by atoms with van der Waals surface area (Å²) in [5, 5.41) is 0.661. The predicted octanol–water partition coefficient (Wildman–Crippen LogP) is 4.74. The van der Waals surface area contributed by atoms with Crippen molar-refractivity contribution in [1.29, 1.82) is 0 Å². The normalized spacial score (nSPS) is 10.8. The summed E-state index contributed by atoms with van der Waals surface area (Å²) in [6, 6.07) is 16.3. The van der Waals surface area contributed by atoms with E-state index in [0.717, 1.165) is 5.56 Å². The van der Waals surface area contributed by atoms with Gasteiger partial charge in [0, 0.05) is 37.3 Å². The van der Waals surface area contributed by atoms with Crippen molar-refractivity contribution in [2.45, 2.75) is 0 Å². The fourth-order valence-corrected chi connectivity index (χ4v) is 3.67. The second kappa shape index (κ2) is 12.8. The van der Waals surface area contributed by atoms with Gasteiger partial charge in [0.05, 0.1) is 33.0 Å². The molecule has 0 aliphatic rings. The highest BCUT2D eigenvalue weighted by atomic mass is 16.5. The van der Waals surface area contributed by atoms with E-state index in [-0.39, 0.29) is 0 Å². The van der Waals surface area contributed by atoms with Crippen LogP contribution in [0.4, 0.5) is 5.82 Å². The van der Waals surface area contributed by atoms with E-state index in [1.165, 1.54) is 0 Å². The van der Waals surface area contributed by atoms with E-state index in [4.69, 9.17) is 43.9 Å². The van der Waals surface area contributed by atoms with Gasteiger partial charge >= 0.3 is 0 Å². The minimum absolute atomic E-state index is 0.329. The summed E-state index contributed by atoms with van der Waals surface area (Å²) in [6.45, 7) is 1.59. The molecule has 0 spiro atoms. The van der Waals surface area contributed by atoms with Crippen LogP contribution in [0, 0.1) is 0 Å². The molecule has 10 heteroatoms. The smallest absolute Gasteiger partial charge is 0.164 e. The van der Waals surface area contributed by atoms with E-state index in [0.29, 0.717) is 83.5 Å². The van der Waals surface area contributed by atoms with Gasteiger partial charge in [0.2, 0.25) is 0 Å². The molecule has 4 aromatic rings. The van der Waals surface area contributed by atoms with Crippen LogP contribution in [0.25, 0.3) is 22.3 Å². The summed E-state index contributed by atoms with van der Waals surface area (Å²) in [5.74, 6) is 4.34. The Morgan fingerprint density at radius 3 is 1.89 bits per heavy atom. The lowest BCUT2D eigenvalue weighted by Gasteiger charge is -2.15. The third-order valence-corrected chi connectivity index (χ3v) is 5.58. The number of benzene rings is 3. The number of anilines is 1. The molecule has 4 rings (SSSR count). The molecule has 3 aromatic carbocycles. The highest BCUT2D eigenvalue weighted by Crippen LogP contribution is 2.36. The summed E-state index contributed by atoms with van der Waals surface area (Å²) in [5.41, 5.74) is 7.74. The molecule has 0 fully saturated rings. The summed E-state index contributed by atoms with van der Waals surface area (Å²) in [6.07, 6.45) is 0. The zero-order chi connectivity index (χ0) is 26.9. The fraction of sp³-hybridized carbons (Fsp3) is 0.286. The van der Waals surface area contributed by atoms with Gasteiger partial charge in [0.25, 0.3) is 0 Å². The number of aromatic nitrogens is 2. The minimum Gasteiger partial charge on any atom is -0.493 e. The highest BCUT2D eigenvalue weighted by molar-refractivity contribution is 5.92. The number of methoxy groups -OCH3 is 4. The van der Waals surface area contributed by atoms with E-state index in [9.17, 15) is 0 Å². The Morgan fingerprint density at radius 2 is 1.26 bits per heavy atom. The van der Waals surface area contributed by atoms with E-state index >= 15 is 0 Å². The van der Waals surface area contributed by atoms with Crippen molar-refractivity contribution in [1.82, 2.24) is 9.97 Å². The summed E-state index contributed by atoms with van der Waals surface area (Å²) < 4.78 is 38.5. The van der Waals surface area contributed by atoms with Crippen LogP contribution in [-0.2, 0) is 9.47 Å². The zero-order valence-corrected chi connectivity index (χ0v) is 21.9. The molecule has 0 aliphatic heterocycles. The van der Waals surface area contributed by atoms with Crippen molar-refractivity contribution >= 4 is 16.7 Å². The molecule has 38 heavy (non-hydrogen) atoms. The molecule has 10 nitrogen and oxygen atoms in total. The van der Waals surface area contributed by atoms with Crippen LogP contribution >= 0.6 is 0 Å². The van der Waals surface area contributed by atoms with Crippen LogP contribution in [0.2, 0.25) is 0 Å². The Balaban J connectivity index is 1.59. The van der Waals surface area contributed by atoms with Crippen molar-refractivity contribution < 1.29 is 33.2 Å². The maximum absolute atomic E-state index is 6.33. The van der Waals surface area contributed by atoms with Gasteiger partial charge in [0.15, 0.2) is 28.8 Å². The van der Waals surface area contributed by atoms with Gasteiger partial charge in [-0.1, -0.05) is 0 Å². The van der Waals surface area contributed by atoms with Crippen molar-refractivity contribution in [3.8, 4) is 45.9 Å². The lowest BCUT2D eigenvalue weighted by atomic mass is 10.1. The first-order chi connectivity index (χ1) is 18.6. The maximum atomic E-state index is 6.33. The topological polar surface area (TPSA) is 116 Å². The van der Waals surface area contributed by atoms with Gasteiger partial charge < -0.3 is 38.9 Å². The Hall–Kier alpha value is -4.28. The Kier molecular flexibility index (Phi) is 9.02. The van der Waals surface area contributed by atoms with E-state index < -0.39 is 0 Å². The number of ether oxygens (including phenoxy) is 7. The number of nitrogen functional groups attached to an aromatic ring is 1. The maximum Gasteiger partial charge on any atom is 0.164 e. The molecule has 0 saturated carbocycles. The standard InChI is InChI=1S/C28H31N3O7/c1-32-11-13-36-25-16-21-22(17-26(25)37-14-12-33-2)30-28(31-27(21)29)18-5-7-19(8-6-18)38-20-9-10-23(34-3)24(15-20)35-4/h5-10,15-17H,11-14H2,1-4H3,(H2,29,30,31). The van der Waals surface area contributed by atoms with Crippen molar-refractivity contribution in [3.63, 3.8) is 0 Å². The molecule has 0 atom stereocenters. The SMILES string of the molecule is COCCOc1cc2nc(-c3ccc(Oc4ccc(OC)c(OC)c4)cc3)nc(N)c2cc1OCCOC. The van der Waals surface area contributed by atoms with Crippen LogP contribution in [0.3, 0.4) is 0 Å². The van der Waals surface area contributed by atoms with Gasteiger partial charge in [0.1, 0.15) is 30.5 Å². The van der Waals surface area contributed by atoms with Crippen LogP contribution < -0.4 is 29.4 Å². The molecule has 0 radical (unpaired) electrons. The van der Waals surface area contributed by atoms with Crippen LogP contribution in [0.5, 0.6) is 34.5 Å². The van der Waals surface area contributed by atoms with Crippen LogP contribution in [0.15, 0.2) is 54.6 Å². The van der Waals surface area contributed by atoms with Crippen LogP contribution in [0.1, 0.15) is 0 Å². The van der Waals surface area contributed by atoms with Crippen molar-refractivity contribution in [2.24, 2.45) is 0 Å². The quantitative estimate of drug-likeness (QED) is 0.247. The number of fused-ring (bicyclic) bond motifs is 1. The van der Waals surface area contributed by atoms with Crippen LogP contribution in [-0.4, -0.2) is 64.8 Å². The largest absolute Gasteiger partial charge is 0.493 e. The summed E-state index contributed by atoms with van der Waals surface area (Å²) in [4.78, 5) is 9.26. The molecular formula is C28H31N3O7. The lowest BCUT2D eigenvalue weighted by molar-refractivity contribution is 0.132. The molecule has 0 bridgehead atoms. The van der Waals surface area contributed by atoms with Crippen molar-refractivity contribution in [3.05, 3.63) is 54.6 Å². The monoisotopic (exact) mass is 521 g/mol. The number of hydrogen-bond acceptors (Lipinski definition) is 10. The molecule has 2 N–H and O–H groups in total. The Morgan fingerprint density at radius 1 is 0.632 bits per heavy atom. The van der Waals surface area contributed by atoms with E-state index in [1.54, 1.807) is 52.7 Å². The van der Waals surface area contributed by atoms with Crippen molar-refractivity contribution in [2.75, 3.05) is 60.6 Å². The van der Waals surface area contributed by atoms with E-state index in [1.807, 2.05) is 30.3 Å². The first-order valence-corrected chi connectivity index (χ1v) is 11.9. The summed E-state index contributed by atoms with van der Waals surface area (Å²) >= 11 is 0. The fourth-order valence-electron chi connectivity index (χ4n) is 3.67. The molecule has 0 saturated heterocycles. The minimum atomic E-state index is 0.329. The molecule has 1 heterocycles. The Bertz CT molecular complexity index is 1360. The predicted molar refractivity (Wildman–Crippen MR) is 144 cm³/mol.